The van der Waals surface area contributed by atoms with Crippen LogP contribution in [0.5, 0.6) is 0 Å². The second-order valence-corrected chi connectivity index (χ2v) is 8.79. The second kappa shape index (κ2) is 15.4. The van der Waals surface area contributed by atoms with E-state index in [0.717, 1.165) is 28.8 Å². The zero-order valence-corrected chi connectivity index (χ0v) is 23.1. The van der Waals surface area contributed by atoms with E-state index < -0.39 is 0 Å². The highest BCUT2D eigenvalue weighted by Crippen LogP contribution is 2.31. The van der Waals surface area contributed by atoms with E-state index in [-0.39, 0.29) is 0 Å². The van der Waals surface area contributed by atoms with Gasteiger partial charge in [-0.05, 0) is 83.4 Å². The lowest BCUT2D eigenvalue weighted by molar-refractivity contribution is 0.767. The van der Waals surface area contributed by atoms with Gasteiger partial charge >= 0.3 is 0 Å². The van der Waals surface area contributed by atoms with Crippen molar-refractivity contribution in [1.82, 2.24) is 4.98 Å². The topological polar surface area (TPSA) is 24.9 Å². The minimum Gasteiger partial charge on any atom is -0.366 e. The molecule has 1 heterocycles. The monoisotopic (exact) mass is 508 g/mol. The molecule has 3 heteroatoms. The van der Waals surface area contributed by atoms with Crippen LogP contribution in [-0.4, -0.2) is 11.0 Å². The minimum absolute atomic E-state index is 0.395. The average molecular weight is 510 g/mol. The van der Waals surface area contributed by atoms with Crippen molar-refractivity contribution in [2.75, 3.05) is 5.32 Å². The van der Waals surface area contributed by atoms with Gasteiger partial charge in [0.2, 0.25) is 0 Å². The number of rotatable bonds is 3. The van der Waals surface area contributed by atoms with E-state index in [2.05, 4.69) is 110 Å². The molecule has 0 fully saturated rings. The van der Waals surface area contributed by atoms with Crippen molar-refractivity contribution >= 4 is 21.7 Å². The van der Waals surface area contributed by atoms with Crippen LogP contribution in [0.25, 0.3) is 11.1 Å². The van der Waals surface area contributed by atoms with E-state index in [0.29, 0.717) is 6.04 Å². The highest BCUT2D eigenvalue weighted by molar-refractivity contribution is 9.10. The maximum Gasteiger partial charge on any atom is 0.140 e. The summed E-state index contributed by atoms with van der Waals surface area (Å²) in [5, 5.41) is 3.63. The molecule has 1 atom stereocenters. The number of pyridine rings is 1. The van der Waals surface area contributed by atoms with Crippen molar-refractivity contribution in [2.24, 2.45) is 0 Å². The first-order valence-corrected chi connectivity index (χ1v) is 12.9. The number of allylic oxidation sites excluding steroid dienone is 1. The van der Waals surface area contributed by atoms with E-state index in [9.17, 15) is 0 Å². The predicted molar refractivity (Wildman–Crippen MR) is 151 cm³/mol. The molecule has 4 rings (SSSR count). The Bertz CT molecular complexity index is 980. The fourth-order valence-electron chi connectivity index (χ4n) is 3.50. The van der Waals surface area contributed by atoms with Gasteiger partial charge in [-0.2, -0.15) is 0 Å². The van der Waals surface area contributed by atoms with Crippen molar-refractivity contribution < 1.29 is 0 Å². The van der Waals surface area contributed by atoms with Crippen LogP contribution < -0.4 is 5.32 Å². The first-order chi connectivity index (χ1) is 15.9. The molecule has 0 radical (unpaired) electrons. The Labute approximate surface area is 210 Å². The fraction of sp³-hybridized carbons (Fsp3) is 0.367. The summed E-state index contributed by atoms with van der Waals surface area (Å²) in [5.41, 5.74) is 7.74. The van der Waals surface area contributed by atoms with Crippen LogP contribution in [0.1, 0.15) is 63.4 Å². The molecule has 0 spiro atoms. The maximum atomic E-state index is 4.71. The fourth-order valence-corrected chi connectivity index (χ4v) is 4.04. The van der Waals surface area contributed by atoms with Gasteiger partial charge in [0.1, 0.15) is 5.82 Å². The molecule has 3 aromatic rings. The molecule has 0 bridgehead atoms. The standard InChI is InChI=1S/C22H21BrN2.C3H8.C3H6.C2H6/c1-14-10-21(23)22(24-15(14)2)25-20-12-18-9-8-17(11-19(18)13-20)16-6-4-3-5-7-16;2*1-3-2;1-2/h3-11,20H,12-13H2,1-2H3,(H,24,25);3H2,1-2H3;3H,1H2,2H3;1-2H3. The number of fused-ring (bicyclic) bond motifs is 1. The Morgan fingerprint density at radius 2 is 1.55 bits per heavy atom. The zero-order chi connectivity index (χ0) is 24.8. The Balaban J connectivity index is 0.000000605. The summed E-state index contributed by atoms with van der Waals surface area (Å²) in [6.45, 7) is 17.6. The number of hydrogen-bond donors (Lipinski definition) is 1. The van der Waals surface area contributed by atoms with E-state index >= 15 is 0 Å². The average Bonchev–Trinajstić information content (AvgIpc) is 3.22. The maximum absolute atomic E-state index is 4.71. The summed E-state index contributed by atoms with van der Waals surface area (Å²) < 4.78 is 1.04. The smallest absolute Gasteiger partial charge is 0.140 e. The van der Waals surface area contributed by atoms with Crippen molar-refractivity contribution in [3.8, 4) is 11.1 Å². The van der Waals surface area contributed by atoms with Gasteiger partial charge < -0.3 is 5.32 Å². The summed E-state index contributed by atoms with van der Waals surface area (Å²) in [6, 6.07) is 20.0. The van der Waals surface area contributed by atoms with Crippen molar-refractivity contribution in [3.63, 3.8) is 0 Å². The van der Waals surface area contributed by atoms with Gasteiger partial charge in [-0.25, -0.2) is 4.98 Å². The van der Waals surface area contributed by atoms with Crippen LogP contribution in [0.3, 0.4) is 0 Å². The summed E-state index contributed by atoms with van der Waals surface area (Å²) >= 11 is 3.64. The van der Waals surface area contributed by atoms with Gasteiger partial charge in [0.25, 0.3) is 0 Å². The molecule has 0 aliphatic heterocycles. The first kappa shape index (κ1) is 28.6. The Morgan fingerprint density at radius 3 is 2.15 bits per heavy atom. The number of halogens is 1. The van der Waals surface area contributed by atoms with E-state index in [1.807, 2.05) is 20.8 Å². The third-order valence-electron chi connectivity index (χ3n) is 5.01. The van der Waals surface area contributed by atoms with E-state index in [4.69, 9.17) is 4.98 Å². The van der Waals surface area contributed by atoms with Gasteiger partial charge in [-0.1, -0.05) is 88.7 Å². The molecule has 1 unspecified atom stereocenters. The SMILES string of the molecule is C=CC.CC.CCC.Cc1cc(Br)c(NC2Cc3ccc(-c4ccccc4)cc3C2)nc1C. The van der Waals surface area contributed by atoms with Crippen LogP contribution in [0.2, 0.25) is 0 Å². The number of aromatic nitrogens is 1. The van der Waals surface area contributed by atoms with Crippen LogP contribution in [0.4, 0.5) is 5.82 Å². The second-order valence-electron chi connectivity index (χ2n) is 7.94. The van der Waals surface area contributed by atoms with Crippen LogP contribution in [0, 0.1) is 13.8 Å². The number of hydrogen-bond acceptors (Lipinski definition) is 2. The summed E-state index contributed by atoms with van der Waals surface area (Å²) in [5.74, 6) is 0.948. The number of aryl methyl sites for hydroxylation is 2. The van der Waals surface area contributed by atoms with Gasteiger partial charge in [0.15, 0.2) is 0 Å². The third kappa shape index (κ3) is 8.81. The zero-order valence-electron chi connectivity index (χ0n) is 21.5. The van der Waals surface area contributed by atoms with Crippen molar-refractivity contribution in [3.05, 3.63) is 94.1 Å². The normalized spacial score (nSPS) is 13.2. The number of anilines is 1. The Hall–Kier alpha value is -2.39. The largest absolute Gasteiger partial charge is 0.366 e. The van der Waals surface area contributed by atoms with Gasteiger partial charge in [0.05, 0.1) is 4.47 Å². The van der Waals surface area contributed by atoms with Crippen molar-refractivity contribution in [1.29, 1.82) is 0 Å². The highest BCUT2D eigenvalue weighted by Gasteiger charge is 2.23. The van der Waals surface area contributed by atoms with Crippen molar-refractivity contribution in [2.45, 2.75) is 73.8 Å². The molecule has 0 saturated heterocycles. The Kier molecular flexibility index (Phi) is 13.4. The number of nitrogens with one attached hydrogen (secondary N) is 1. The minimum atomic E-state index is 0.395. The predicted octanol–water partition coefficient (Wildman–Crippen LogP) is 9.34. The quantitative estimate of drug-likeness (QED) is 0.356. The molecule has 1 aliphatic rings. The van der Waals surface area contributed by atoms with E-state index in [1.165, 1.54) is 34.2 Å². The summed E-state index contributed by atoms with van der Waals surface area (Å²) in [7, 11) is 0. The van der Waals surface area contributed by atoms with Gasteiger partial charge in [0, 0.05) is 11.7 Å². The first-order valence-electron chi connectivity index (χ1n) is 12.1. The van der Waals surface area contributed by atoms with Gasteiger partial charge in [-0.3, -0.25) is 0 Å². The molecular formula is C30H41BrN2. The lowest BCUT2D eigenvalue weighted by atomic mass is 10.0. The molecule has 0 saturated carbocycles. The van der Waals surface area contributed by atoms with Gasteiger partial charge in [-0.15, -0.1) is 6.58 Å². The molecule has 178 valence electrons. The Morgan fingerprint density at radius 1 is 0.970 bits per heavy atom. The molecule has 33 heavy (non-hydrogen) atoms. The van der Waals surface area contributed by atoms with Crippen LogP contribution >= 0.6 is 15.9 Å². The molecule has 0 amide bonds. The van der Waals surface area contributed by atoms with Crippen LogP contribution in [0.15, 0.2) is 71.7 Å². The molecule has 1 N–H and O–H groups in total. The molecular weight excluding hydrogens is 468 g/mol. The third-order valence-corrected chi connectivity index (χ3v) is 5.61. The molecule has 2 nitrogen and oxygen atoms in total. The number of nitrogens with zero attached hydrogens (tertiary/aromatic N) is 1. The lowest BCUT2D eigenvalue weighted by Crippen LogP contribution is -2.20. The highest BCUT2D eigenvalue weighted by atomic mass is 79.9. The molecule has 1 aromatic heterocycles. The summed E-state index contributed by atoms with van der Waals surface area (Å²) in [6.07, 6.45) is 5.09. The lowest BCUT2D eigenvalue weighted by Gasteiger charge is -2.15. The van der Waals surface area contributed by atoms with E-state index in [1.54, 1.807) is 6.08 Å². The van der Waals surface area contributed by atoms with Crippen LogP contribution in [-0.2, 0) is 12.8 Å². The molecule has 2 aromatic carbocycles. The number of benzene rings is 2. The molecule has 1 aliphatic carbocycles. The summed E-state index contributed by atoms with van der Waals surface area (Å²) in [4.78, 5) is 4.71.